The van der Waals surface area contributed by atoms with Crippen LogP contribution in [0.4, 0.5) is 11.4 Å². The molecule has 0 bridgehead atoms. The number of allylic oxidation sites excluding steroid dienone is 1. The molecule has 0 fully saturated rings. The number of halogens is 1. The Morgan fingerprint density at radius 3 is 2.13 bits per heavy atom. The number of anilines is 2. The van der Waals surface area contributed by atoms with Crippen LogP contribution >= 0.6 is 15.9 Å². The van der Waals surface area contributed by atoms with Gasteiger partial charge in [-0.2, -0.15) is 5.26 Å². The lowest BCUT2D eigenvalue weighted by molar-refractivity contribution is -0.139. The second-order valence-corrected chi connectivity index (χ2v) is 9.17. The van der Waals surface area contributed by atoms with E-state index in [0.29, 0.717) is 27.0 Å². The highest BCUT2D eigenvalue weighted by Gasteiger charge is 2.43. The molecule has 0 aliphatic carbocycles. The number of benzene rings is 3. The third kappa shape index (κ3) is 5.26. The van der Waals surface area contributed by atoms with Gasteiger partial charge in [-0.25, -0.2) is 9.59 Å². The summed E-state index contributed by atoms with van der Waals surface area (Å²) in [6.07, 6.45) is 0. The first-order chi connectivity index (χ1) is 18.8. The van der Waals surface area contributed by atoms with Crippen molar-refractivity contribution in [2.24, 2.45) is 5.73 Å². The van der Waals surface area contributed by atoms with Crippen molar-refractivity contribution in [1.82, 2.24) is 0 Å². The van der Waals surface area contributed by atoms with E-state index in [1.54, 1.807) is 72.8 Å². The van der Waals surface area contributed by atoms with E-state index in [1.807, 2.05) is 6.07 Å². The third-order valence-electron chi connectivity index (χ3n) is 6.11. The van der Waals surface area contributed by atoms with E-state index < -0.39 is 17.9 Å². The number of ether oxygens (including phenoxy) is 2. The summed E-state index contributed by atoms with van der Waals surface area (Å²) in [4.78, 5) is 40.3. The van der Waals surface area contributed by atoms with Crippen molar-refractivity contribution in [2.45, 2.75) is 5.92 Å². The molecule has 3 aromatic rings. The molecule has 196 valence electrons. The van der Waals surface area contributed by atoms with Gasteiger partial charge < -0.3 is 20.5 Å². The van der Waals surface area contributed by atoms with Crippen molar-refractivity contribution in [1.29, 1.82) is 5.26 Å². The van der Waals surface area contributed by atoms with Gasteiger partial charge in [0, 0.05) is 15.7 Å². The van der Waals surface area contributed by atoms with E-state index in [1.165, 1.54) is 19.1 Å². The molecule has 1 aliphatic rings. The number of nitrogens with one attached hydrogen (secondary N) is 1. The quantitative estimate of drug-likeness (QED) is 0.400. The van der Waals surface area contributed by atoms with Gasteiger partial charge in [0.25, 0.3) is 5.91 Å². The Kier molecular flexibility index (Phi) is 8.13. The van der Waals surface area contributed by atoms with Gasteiger partial charge in [0.2, 0.25) is 0 Å². The molecule has 1 amide bonds. The molecule has 3 N–H and O–H groups in total. The minimum Gasteiger partial charge on any atom is -0.466 e. The highest BCUT2D eigenvalue weighted by Crippen LogP contribution is 2.44. The number of nitrogens with zero attached hydrogens (tertiary/aromatic N) is 2. The average molecular weight is 587 g/mol. The lowest BCUT2D eigenvalue weighted by atomic mass is 9.81. The van der Waals surface area contributed by atoms with Crippen LogP contribution in [0, 0.1) is 11.3 Å². The van der Waals surface area contributed by atoms with Crippen molar-refractivity contribution < 1.29 is 23.9 Å². The summed E-state index contributed by atoms with van der Waals surface area (Å²) < 4.78 is 10.6. The Bertz CT molecular complexity index is 1540. The lowest BCUT2D eigenvalue weighted by Gasteiger charge is -2.36. The Hall–Kier alpha value is -4.88. The van der Waals surface area contributed by atoms with Crippen molar-refractivity contribution in [3.05, 3.63) is 117 Å². The number of nitrogens with two attached hydrogens (primary N) is 1. The predicted molar refractivity (Wildman–Crippen MR) is 148 cm³/mol. The van der Waals surface area contributed by atoms with Crippen LogP contribution in [0.25, 0.3) is 0 Å². The Labute approximate surface area is 233 Å². The van der Waals surface area contributed by atoms with Gasteiger partial charge >= 0.3 is 11.9 Å². The van der Waals surface area contributed by atoms with E-state index in [4.69, 9.17) is 15.2 Å². The summed E-state index contributed by atoms with van der Waals surface area (Å²) in [7, 11) is 2.36. The summed E-state index contributed by atoms with van der Waals surface area (Å²) >= 11 is 3.46. The molecule has 9 nitrogen and oxygen atoms in total. The van der Waals surface area contributed by atoms with Gasteiger partial charge in [-0.3, -0.25) is 9.69 Å². The van der Waals surface area contributed by atoms with E-state index in [2.05, 4.69) is 27.3 Å². The minimum absolute atomic E-state index is 0.0480. The number of esters is 2. The number of rotatable bonds is 6. The summed E-state index contributed by atoms with van der Waals surface area (Å²) in [5.74, 6) is -3.02. The fourth-order valence-electron chi connectivity index (χ4n) is 4.31. The topological polar surface area (TPSA) is 135 Å². The summed E-state index contributed by atoms with van der Waals surface area (Å²) in [6.45, 7) is 0. The molecular formula is C29H23BrN4O5. The number of methoxy groups -OCH3 is 2. The maximum atomic E-state index is 13.2. The Morgan fingerprint density at radius 2 is 1.56 bits per heavy atom. The van der Waals surface area contributed by atoms with Crippen LogP contribution in [0.1, 0.15) is 21.8 Å². The van der Waals surface area contributed by atoms with Crippen molar-refractivity contribution >= 4 is 45.2 Å². The number of amides is 1. The molecule has 1 heterocycles. The number of hydrogen-bond donors (Lipinski definition) is 2. The first-order valence-electron chi connectivity index (χ1n) is 11.6. The molecule has 1 aliphatic heterocycles. The second kappa shape index (κ2) is 11.7. The largest absolute Gasteiger partial charge is 0.466 e. The van der Waals surface area contributed by atoms with Gasteiger partial charge in [-0.05, 0) is 51.8 Å². The molecule has 4 rings (SSSR count). The zero-order valence-electron chi connectivity index (χ0n) is 21.0. The predicted octanol–water partition coefficient (Wildman–Crippen LogP) is 4.60. The molecular weight excluding hydrogens is 564 g/mol. The van der Waals surface area contributed by atoms with Crippen molar-refractivity contribution in [3.8, 4) is 6.07 Å². The molecule has 10 heteroatoms. The van der Waals surface area contributed by atoms with Gasteiger partial charge in [-0.1, -0.05) is 48.5 Å². The molecule has 0 radical (unpaired) electrons. The number of hydrogen-bond acceptors (Lipinski definition) is 8. The van der Waals surface area contributed by atoms with Crippen molar-refractivity contribution in [3.63, 3.8) is 0 Å². The SMILES string of the molecule is COC(=O)C1=C(C(=O)OC)N(c2ccc(NC(=O)c3ccccc3)c(Br)c2)C(N)=C(C#N)C1c1ccccc1. The van der Waals surface area contributed by atoms with Gasteiger partial charge in [-0.15, -0.1) is 0 Å². The molecule has 0 aromatic heterocycles. The van der Waals surface area contributed by atoms with E-state index in [9.17, 15) is 19.6 Å². The maximum Gasteiger partial charge on any atom is 0.355 e. The Balaban J connectivity index is 1.87. The average Bonchev–Trinajstić information content (AvgIpc) is 2.97. The van der Waals surface area contributed by atoms with Crippen LogP contribution in [0.15, 0.2) is 106 Å². The fraction of sp³-hybridized carbons (Fsp3) is 0.103. The lowest BCUT2D eigenvalue weighted by Crippen LogP contribution is -2.40. The molecule has 1 unspecified atom stereocenters. The van der Waals surface area contributed by atoms with E-state index in [-0.39, 0.29) is 28.6 Å². The number of nitriles is 1. The molecule has 0 saturated carbocycles. The first kappa shape index (κ1) is 27.2. The van der Waals surface area contributed by atoms with Crippen LogP contribution in [-0.2, 0) is 19.1 Å². The summed E-state index contributed by atoms with van der Waals surface area (Å²) in [5.41, 5.74) is 8.11. The molecule has 39 heavy (non-hydrogen) atoms. The first-order valence-corrected chi connectivity index (χ1v) is 12.4. The third-order valence-corrected chi connectivity index (χ3v) is 6.76. The molecule has 1 atom stereocenters. The molecule has 0 spiro atoms. The number of carbonyl (C=O) groups excluding carboxylic acids is 3. The van der Waals surface area contributed by atoms with Crippen LogP contribution in [0.2, 0.25) is 0 Å². The highest BCUT2D eigenvalue weighted by molar-refractivity contribution is 9.10. The highest BCUT2D eigenvalue weighted by atomic mass is 79.9. The minimum atomic E-state index is -0.970. The van der Waals surface area contributed by atoms with Gasteiger partial charge in [0.1, 0.15) is 11.5 Å². The Morgan fingerprint density at radius 1 is 0.949 bits per heavy atom. The van der Waals surface area contributed by atoms with Crippen LogP contribution in [0.5, 0.6) is 0 Å². The van der Waals surface area contributed by atoms with Crippen molar-refractivity contribution in [2.75, 3.05) is 24.4 Å². The van der Waals surface area contributed by atoms with Gasteiger partial charge in [0.05, 0.1) is 43.0 Å². The second-order valence-electron chi connectivity index (χ2n) is 8.32. The monoisotopic (exact) mass is 586 g/mol. The van der Waals surface area contributed by atoms with Crippen LogP contribution < -0.4 is 16.0 Å². The standard InChI is InChI=1S/C29H23BrN4O5/c1-38-28(36)24-23(17-9-5-3-6-10-17)20(16-31)26(32)34(25(24)29(37)39-2)19-13-14-22(21(30)15-19)33-27(35)18-11-7-4-8-12-18/h3-15,23H,32H2,1-2H3,(H,33,35). The summed E-state index contributed by atoms with van der Waals surface area (Å²) in [6, 6.07) is 24.3. The zero-order chi connectivity index (χ0) is 28.1. The van der Waals surface area contributed by atoms with Gasteiger partial charge in [0.15, 0.2) is 0 Å². The number of carbonyl (C=O) groups is 3. The van der Waals surface area contributed by atoms with Crippen LogP contribution in [-0.4, -0.2) is 32.1 Å². The summed E-state index contributed by atoms with van der Waals surface area (Å²) in [5, 5.41) is 13.0. The molecule has 0 saturated heterocycles. The fourth-order valence-corrected chi connectivity index (χ4v) is 4.78. The van der Waals surface area contributed by atoms with Crippen LogP contribution in [0.3, 0.4) is 0 Å². The zero-order valence-corrected chi connectivity index (χ0v) is 22.6. The van der Waals surface area contributed by atoms with E-state index >= 15 is 0 Å². The smallest absolute Gasteiger partial charge is 0.355 e. The normalized spacial score (nSPS) is 14.9. The maximum absolute atomic E-state index is 13.2. The molecule has 3 aromatic carbocycles. The van der Waals surface area contributed by atoms with E-state index in [0.717, 1.165) is 0 Å².